The summed E-state index contributed by atoms with van der Waals surface area (Å²) >= 11 is 0. The topological polar surface area (TPSA) is 12.0 Å². The molecule has 112 valence electrons. The zero-order valence-electron chi connectivity index (χ0n) is 13.8. The molecule has 2 aliphatic carbocycles. The second-order valence-corrected chi connectivity index (χ2v) is 7.52. The molecule has 2 saturated carbocycles. The van der Waals surface area contributed by atoms with Gasteiger partial charge < -0.3 is 5.32 Å². The van der Waals surface area contributed by atoms with Crippen LogP contribution in [0.3, 0.4) is 0 Å². The van der Waals surface area contributed by atoms with Gasteiger partial charge in [-0.15, -0.1) is 0 Å². The van der Waals surface area contributed by atoms with E-state index in [-0.39, 0.29) is 0 Å². The van der Waals surface area contributed by atoms with Crippen molar-refractivity contribution < 1.29 is 0 Å². The van der Waals surface area contributed by atoms with Gasteiger partial charge in [0.15, 0.2) is 0 Å². The Labute approximate surface area is 120 Å². The van der Waals surface area contributed by atoms with Crippen molar-refractivity contribution >= 4 is 0 Å². The van der Waals surface area contributed by atoms with E-state index in [1.807, 2.05) is 0 Å². The molecule has 1 heteroatoms. The zero-order valence-corrected chi connectivity index (χ0v) is 13.8. The SMILES string of the molecule is CCNC1CC(CC(C)[C@H](CC)C2CCC2C)[C@@H]1C. The smallest absolute Gasteiger partial charge is 0.00979 e. The van der Waals surface area contributed by atoms with Gasteiger partial charge in [-0.05, 0) is 61.3 Å². The predicted octanol–water partition coefficient (Wildman–Crippen LogP) is 4.72. The Bertz CT molecular complexity index is 275. The van der Waals surface area contributed by atoms with Crippen LogP contribution in [0, 0.1) is 35.5 Å². The third-order valence-corrected chi connectivity index (χ3v) is 6.51. The molecule has 0 aromatic rings. The van der Waals surface area contributed by atoms with Gasteiger partial charge in [-0.25, -0.2) is 0 Å². The monoisotopic (exact) mass is 265 g/mol. The number of nitrogens with one attached hydrogen (secondary N) is 1. The lowest BCUT2D eigenvalue weighted by Crippen LogP contribution is -2.50. The molecule has 0 spiro atoms. The molecule has 0 bridgehead atoms. The molecular weight excluding hydrogens is 230 g/mol. The summed E-state index contributed by atoms with van der Waals surface area (Å²) in [5.41, 5.74) is 0. The summed E-state index contributed by atoms with van der Waals surface area (Å²) < 4.78 is 0. The van der Waals surface area contributed by atoms with Gasteiger partial charge in [-0.3, -0.25) is 0 Å². The van der Waals surface area contributed by atoms with Crippen molar-refractivity contribution in [1.29, 1.82) is 0 Å². The molecular formula is C18H35N. The fourth-order valence-corrected chi connectivity index (χ4v) is 4.84. The molecule has 2 rings (SSSR count). The first-order valence-corrected chi connectivity index (χ1v) is 8.81. The highest BCUT2D eigenvalue weighted by Gasteiger charge is 2.41. The summed E-state index contributed by atoms with van der Waals surface area (Å²) in [7, 11) is 0. The van der Waals surface area contributed by atoms with Crippen LogP contribution in [0.15, 0.2) is 0 Å². The maximum atomic E-state index is 3.63. The summed E-state index contributed by atoms with van der Waals surface area (Å²) in [6.45, 7) is 13.2. The van der Waals surface area contributed by atoms with Crippen LogP contribution in [0.4, 0.5) is 0 Å². The van der Waals surface area contributed by atoms with E-state index in [0.29, 0.717) is 0 Å². The molecule has 2 aliphatic rings. The maximum absolute atomic E-state index is 3.63. The van der Waals surface area contributed by atoms with Gasteiger partial charge in [0.2, 0.25) is 0 Å². The maximum Gasteiger partial charge on any atom is 0.00979 e. The lowest BCUT2D eigenvalue weighted by atomic mass is 9.60. The van der Waals surface area contributed by atoms with Crippen molar-refractivity contribution in [3.8, 4) is 0 Å². The molecule has 0 saturated heterocycles. The molecule has 0 aromatic carbocycles. The minimum Gasteiger partial charge on any atom is -0.314 e. The molecule has 0 aromatic heterocycles. The molecule has 1 nitrogen and oxygen atoms in total. The average Bonchev–Trinajstić information content (AvgIpc) is 2.40. The summed E-state index contributed by atoms with van der Waals surface area (Å²) in [6, 6.07) is 0.810. The Balaban J connectivity index is 1.79. The third kappa shape index (κ3) is 3.17. The Kier molecular flexibility index (Phi) is 5.34. The van der Waals surface area contributed by atoms with Crippen LogP contribution >= 0.6 is 0 Å². The van der Waals surface area contributed by atoms with E-state index >= 15 is 0 Å². The van der Waals surface area contributed by atoms with Gasteiger partial charge >= 0.3 is 0 Å². The van der Waals surface area contributed by atoms with Crippen molar-refractivity contribution in [2.45, 2.75) is 72.8 Å². The van der Waals surface area contributed by atoms with Gasteiger partial charge in [-0.1, -0.05) is 47.5 Å². The molecule has 1 N–H and O–H groups in total. The Hall–Kier alpha value is -0.0400. The highest BCUT2D eigenvalue weighted by molar-refractivity contribution is 4.94. The molecule has 7 atom stereocenters. The van der Waals surface area contributed by atoms with Crippen molar-refractivity contribution in [3.05, 3.63) is 0 Å². The third-order valence-electron chi connectivity index (χ3n) is 6.51. The lowest BCUT2D eigenvalue weighted by molar-refractivity contribution is 0.0400. The first-order valence-electron chi connectivity index (χ1n) is 8.81. The number of hydrogen-bond donors (Lipinski definition) is 1. The largest absolute Gasteiger partial charge is 0.314 e. The van der Waals surface area contributed by atoms with E-state index in [1.54, 1.807) is 0 Å². The Morgan fingerprint density at radius 2 is 1.89 bits per heavy atom. The molecule has 0 radical (unpaired) electrons. The van der Waals surface area contributed by atoms with E-state index < -0.39 is 0 Å². The van der Waals surface area contributed by atoms with E-state index in [9.17, 15) is 0 Å². The second kappa shape index (κ2) is 6.61. The van der Waals surface area contributed by atoms with Gasteiger partial charge in [0, 0.05) is 6.04 Å². The summed E-state index contributed by atoms with van der Waals surface area (Å²) in [4.78, 5) is 0. The van der Waals surface area contributed by atoms with E-state index in [4.69, 9.17) is 0 Å². The van der Waals surface area contributed by atoms with Crippen molar-refractivity contribution in [2.24, 2.45) is 35.5 Å². The van der Waals surface area contributed by atoms with Crippen molar-refractivity contribution in [1.82, 2.24) is 5.32 Å². The number of hydrogen-bond acceptors (Lipinski definition) is 1. The minimum atomic E-state index is 0.810. The summed E-state index contributed by atoms with van der Waals surface area (Å²) in [6.07, 6.45) is 7.29. The zero-order chi connectivity index (χ0) is 14.0. The fraction of sp³-hybridized carbons (Fsp3) is 1.00. The van der Waals surface area contributed by atoms with E-state index in [0.717, 1.165) is 48.1 Å². The van der Waals surface area contributed by atoms with Crippen LogP contribution in [0.2, 0.25) is 0 Å². The van der Waals surface area contributed by atoms with Crippen LogP contribution in [-0.2, 0) is 0 Å². The first-order chi connectivity index (χ1) is 9.08. The summed E-state index contributed by atoms with van der Waals surface area (Å²) in [5.74, 6) is 5.87. The van der Waals surface area contributed by atoms with Crippen LogP contribution in [0.25, 0.3) is 0 Å². The standard InChI is InChI=1S/C18H35N/c1-6-16(17-9-8-12(17)3)13(4)10-15-11-18(14(15)5)19-7-2/h12-19H,6-11H2,1-5H3/t12?,13?,14-,15?,16-,17?,18?/m0/s1. The van der Waals surface area contributed by atoms with Gasteiger partial charge in [-0.2, -0.15) is 0 Å². The molecule has 2 fully saturated rings. The van der Waals surface area contributed by atoms with Crippen LogP contribution < -0.4 is 5.32 Å². The minimum absolute atomic E-state index is 0.810. The highest BCUT2D eigenvalue weighted by atomic mass is 14.9. The molecule has 0 heterocycles. The average molecular weight is 265 g/mol. The molecule has 19 heavy (non-hydrogen) atoms. The Morgan fingerprint density at radius 1 is 1.16 bits per heavy atom. The molecule has 0 aliphatic heterocycles. The normalized spacial score (nSPS) is 41.2. The fourth-order valence-electron chi connectivity index (χ4n) is 4.84. The van der Waals surface area contributed by atoms with Crippen LogP contribution in [-0.4, -0.2) is 12.6 Å². The quantitative estimate of drug-likeness (QED) is 0.702. The van der Waals surface area contributed by atoms with Gasteiger partial charge in [0.05, 0.1) is 0 Å². The summed E-state index contributed by atoms with van der Waals surface area (Å²) in [5, 5.41) is 3.63. The van der Waals surface area contributed by atoms with E-state index in [2.05, 4.69) is 39.9 Å². The Morgan fingerprint density at radius 3 is 2.32 bits per heavy atom. The van der Waals surface area contributed by atoms with Gasteiger partial charge in [0.25, 0.3) is 0 Å². The molecule has 0 amide bonds. The van der Waals surface area contributed by atoms with Gasteiger partial charge in [0.1, 0.15) is 0 Å². The first kappa shape index (κ1) is 15.4. The van der Waals surface area contributed by atoms with Crippen LogP contribution in [0.1, 0.15) is 66.7 Å². The van der Waals surface area contributed by atoms with E-state index in [1.165, 1.54) is 32.1 Å². The number of rotatable bonds is 7. The predicted molar refractivity (Wildman–Crippen MR) is 84.2 cm³/mol. The van der Waals surface area contributed by atoms with Crippen molar-refractivity contribution in [3.63, 3.8) is 0 Å². The van der Waals surface area contributed by atoms with Crippen LogP contribution in [0.5, 0.6) is 0 Å². The van der Waals surface area contributed by atoms with Crippen molar-refractivity contribution in [2.75, 3.05) is 6.54 Å². The second-order valence-electron chi connectivity index (χ2n) is 7.52. The highest BCUT2D eigenvalue weighted by Crippen LogP contribution is 2.47. The molecule has 5 unspecified atom stereocenters. The lowest BCUT2D eigenvalue weighted by Gasteiger charge is -2.48.